The highest BCUT2D eigenvalue weighted by Gasteiger charge is 2.47. The first-order chi connectivity index (χ1) is 16.2. The average molecular weight is 445 g/mol. The van der Waals surface area contributed by atoms with E-state index in [-0.39, 0.29) is 11.9 Å². The van der Waals surface area contributed by atoms with Gasteiger partial charge in [-0.25, -0.2) is 0 Å². The smallest absolute Gasteiger partial charge is 0.272 e. The second-order valence-corrected chi connectivity index (χ2v) is 10.6. The number of likely N-dealkylation sites (tertiary alicyclic amines) is 1. The molecule has 5 heterocycles. The first kappa shape index (κ1) is 19.8. The Morgan fingerprint density at radius 2 is 2.09 bits per heavy atom. The summed E-state index contributed by atoms with van der Waals surface area (Å²) in [6.45, 7) is 3.97. The van der Waals surface area contributed by atoms with E-state index in [1.165, 1.54) is 43.4 Å². The number of fused-ring (bicyclic) bond motifs is 7. The maximum Gasteiger partial charge on any atom is 0.272 e. The summed E-state index contributed by atoms with van der Waals surface area (Å²) in [5.41, 5.74) is 5.23. The van der Waals surface area contributed by atoms with Crippen LogP contribution in [0.5, 0.6) is 5.75 Å². The molecule has 5 aliphatic rings. The van der Waals surface area contributed by atoms with E-state index < -0.39 is 0 Å². The zero-order valence-corrected chi connectivity index (χ0v) is 19.1. The lowest BCUT2D eigenvalue weighted by molar-refractivity contribution is 0.00131. The molecule has 3 saturated heterocycles. The van der Waals surface area contributed by atoms with Crippen LogP contribution in [0.25, 0.3) is 11.3 Å². The summed E-state index contributed by atoms with van der Waals surface area (Å²) in [5, 5.41) is 7.58. The molecule has 1 aromatic carbocycles. The Balaban J connectivity index is 1.16. The molecule has 172 valence electrons. The third-order valence-electron chi connectivity index (χ3n) is 8.71. The maximum absolute atomic E-state index is 13.7. The molecule has 7 rings (SSSR count). The van der Waals surface area contributed by atoms with Gasteiger partial charge in [-0.2, -0.15) is 5.10 Å². The van der Waals surface area contributed by atoms with Crippen LogP contribution in [0.4, 0.5) is 0 Å². The van der Waals surface area contributed by atoms with Crippen molar-refractivity contribution in [1.82, 2.24) is 20.0 Å². The van der Waals surface area contributed by atoms with Gasteiger partial charge in [-0.05, 0) is 80.3 Å². The Bertz CT molecular complexity index is 1120. The van der Waals surface area contributed by atoms with Crippen LogP contribution in [-0.4, -0.2) is 64.2 Å². The highest BCUT2D eigenvalue weighted by Crippen LogP contribution is 2.45. The van der Waals surface area contributed by atoms with Crippen LogP contribution in [0.3, 0.4) is 0 Å². The number of H-pyrrole nitrogens is 1. The number of benzene rings is 1. The summed E-state index contributed by atoms with van der Waals surface area (Å²) < 4.78 is 5.63. The minimum atomic E-state index is 0.105. The number of hydrogen-bond donors (Lipinski definition) is 1. The standard InChI is InChI=1S/C27H32N4O2/c32-27(23-15-22(28-29-23)17-6-7-25-18(12-17)8-11-33-25)31-10-3-4-19-13-20-14-21(26(19)31)16-30-9-2-1-5-24(20)30/h6-7,12-13,15,20-21,24,26H,1-5,8-11,14,16H2,(H,28,29)/t20-,21-,24+,26+/m0/s1. The minimum Gasteiger partial charge on any atom is -0.493 e. The summed E-state index contributed by atoms with van der Waals surface area (Å²) >= 11 is 0. The monoisotopic (exact) mass is 444 g/mol. The summed E-state index contributed by atoms with van der Waals surface area (Å²) in [5.74, 6) is 2.32. The summed E-state index contributed by atoms with van der Waals surface area (Å²) in [6, 6.07) is 9.13. The molecule has 1 aromatic heterocycles. The average Bonchev–Trinajstić information content (AvgIpc) is 3.53. The number of piperidine rings is 3. The van der Waals surface area contributed by atoms with Crippen LogP contribution in [0, 0.1) is 11.8 Å². The predicted molar refractivity (Wildman–Crippen MR) is 126 cm³/mol. The van der Waals surface area contributed by atoms with E-state index in [1.54, 1.807) is 0 Å². The van der Waals surface area contributed by atoms with Crippen molar-refractivity contribution in [1.29, 1.82) is 0 Å². The largest absolute Gasteiger partial charge is 0.493 e. The second kappa shape index (κ2) is 7.73. The van der Waals surface area contributed by atoms with E-state index in [0.717, 1.165) is 62.0 Å². The van der Waals surface area contributed by atoms with Crippen molar-refractivity contribution in [3.05, 3.63) is 47.2 Å². The van der Waals surface area contributed by atoms with Gasteiger partial charge in [0, 0.05) is 31.1 Å². The van der Waals surface area contributed by atoms with Crippen LogP contribution in [-0.2, 0) is 6.42 Å². The molecule has 6 heteroatoms. The van der Waals surface area contributed by atoms with Gasteiger partial charge < -0.3 is 9.64 Å². The highest BCUT2D eigenvalue weighted by molar-refractivity contribution is 5.94. The quantitative estimate of drug-likeness (QED) is 0.710. The number of carbonyl (C=O) groups excluding carboxylic acids is 1. The van der Waals surface area contributed by atoms with Crippen LogP contribution < -0.4 is 4.74 Å². The van der Waals surface area contributed by atoms with Crippen molar-refractivity contribution < 1.29 is 9.53 Å². The van der Waals surface area contributed by atoms with Gasteiger partial charge in [0.2, 0.25) is 0 Å². The SMILES string of the molecule is O=C(c1cc(-c2ccc3c(c2)CCO3)n[nH]1)N1CCCC2=C[C@H]3C[C@@H](CN4CCCC[C@H]34)[C@@H]21. The Labute approximate surface area is 195 Å². The van der Waals surface area contributed by atoms with Gasteiger partial charge in [-0.1, -0.05) is 18.1 Å². The molecule has 0 unspecified atom stereocenters. The number of hydrogen-bond acceptors (Lipinski definition) is 4. The van der Waals surface area contributed by atoms with Crippen molar-refractivity contribution in [2.24, 2.45) is 11.8 Å². The number of aromatic amines is 1. The molecule has 4 aliphatic heterocycles. The van der Waals surface area contributed by atoms with Gasteiger partial charge in [0.05, 0.1) is 18.3 Å². The molecule has 1 amide bonds. The zero-order valence-electron chi connectivity index (χ0n) is 19.1. The fourth-order valence-electron chi connectivity index (χ4n) is 7.28. The number of aromatic nitrogens is 2. The lowest BCUT2D eigenvalue weighted by atomic mass is 9.68. The molecule has 4 atom stereocenters. The molecule has 1 aliphatic carbocycles. The van der Waals surface area contributed by atoms with E-state index >= 15 is 0 Å². The summed E-state index contributed by atoms with van der Waals surface area (Å²) in [6.07, 6.45) is 11.0. The van der Waals surface area contributed by atoms with Gasteiger partial charge >= 0.3 is 0 Å². The normalized spacial score (nSPS) is 30.7. The summed E-state index contributed by atoms with van der Waals surface area (Å²) in [7, 11) is 0. The van der Waals surface area contributed by atoms with E-state index in [1.807, 2.05) is 18.2 Å². The van der Waals surface area contributed by atoms with E-state index in [2.05, 4.69) is 32.1 Å². The number of rotatable bonds is 2. The zero-order chi connectivity index (χ0) is 21.9. The van der Waals surface area contributed by atoms with Crippen LogP contribution in [0.2, 0.25) is 0 Å². The molecule has 3 fully saturated rings. The number of nitrogens with one attached hydrogen (secondary N) is 1. The first-order valence-electron chi connectivity index (χ1n) is 12.8. The second-order valence-electron chi connectivity index (χ2n) is 10.6. The molecule has 0 radical (unpaired) electrons. The van der Waals surface area contributed by atoms with Crippen molar-refractivity contribution in [2.75, 3.05) is 26.2 Å². The molecule has 2 aromatic rings. The molecule has 1 N–H and O–H groups in total. The molecule has 0 spiro atoms. The van der Waals surface area contributed by atoms with Gasteiger partial charge in [-0.3, -0.25) is 14.8 Å². The van der Waals surface area contributed by atoms with Crippen molar-refractivity contribution in [3.8, 4) is 17.0 Å². The topological polar surface area (TPSA) is 61.5 Å². The Hall–Kier alpha value is -2.60. The van der Waals surface area contributed by atoms with E-state index in [9.17, 15) is 4.79 Å². The van der Waals surface area contributed by atoms with E-state index in [4.69, 9.17) is 4.74 Å². The van der Waals surface area contributed by atoms with E-state index in [0.29, 0.717) is 17.5 Å². The first-order valence-corrected chi connectivity index (χ1v) is 12.8. The lowest BCUT2D eigenvalue weighted by Crippen LogP contribution is -2.60. The fraction of sp³-hybridized carbons (Fsp3) is 0.556. The Morgan fingerprint density at radius 3 is 3.06 bits per heavy atom. The van der Waals surface area contributed by atoms with Crippen LogP contribution in [0.15, 0.2) is 35.9 Å². The Morgan fingerprint density at radius 1 is 1.12 bits per heavy atom. The van der Waals surface area contributed by atoms with Crippen molar-refractivity contribution >= 4 is 5.91 Å². The molecule has 6 nitrogen and oxygen atoms in total. The van der Waals surface area contributed by atoms with Crippen LogP contribution >= 0.6 is 0 Å². The van der Waals surface area contributed by atoms with Gasteiger partial charge in [0.1, 0.15) is 11.4 Å². The third kappa shape index (κ3) is 3.25. The third-order valence-corrected chi connectivity index (χ3v) is 8.71. The number of ether oxygens (including phenoxy) is 1. The van der Waals surface area contributed by atoms with Crippen molar-refractivity contribution in [2.45, 2.75) is 57.0 Å². The van der Waals surface area contributed by atoms with Gasteiger partial charge in [-0.15, -0.1) is 0 Å². The molecule has 0 saturated carbocycles. The van der Waals surface area contributed by atoms with Gasteiger partial charge in [0.15, 0.2) is 0 Å². The minimum absolute atomic E-state index is 0.105. The van der Waals surface area contributed by atoms with Crippen molar-refractivity contribution in [3.63, 3.8) is 0 Å². The lowest BCUT2D eigenvalue weighted by Gasteiger charge is -2.54. The number of amides is 1. The molecular formula is C27H32N4O2. The predicted octanol–water partition coefficient (Wildman–Crippen LogP) is 4.05. The summed E-state index contributed by atoms with van der Waals surface area (Å²) in [4.78, 5) is 18.6. The highest BCUT2D eigenvalue weighted by atomic mass is 16.5. The molecule has 33 heavy (non-hydrogen) atoms. The number of carbonyl (C=O) groups is 1. The molecular weight excluding hydrogens is 412 g/mol. The van der Waals surface area contributed by atoms with Gasteiger partial charge in [0.25, 0.3) is 5.91 Å². The van der Waals surface area contributed by atoms with Crippen LogP contribution in [0.1, 0.15) is 54.6 Å². The number of nitrogens with zero attached hydrogens (tertiary/aromatic N) is 3. The molecule has 2 bridgehead atoms. The maximum atomic E-state index is 13.7. The fourth-order valence-corrected chi connectivity index (χ4v) is 7.28. The Kier molecular flexibility index (Phi) is 4.64.